The Hall–Kier alpha value is -2.54. The van der Waals surface area contributed by atoms with Gasteiger partial charge in [-0.05, 0) is 86.4 Å². The summed E-state index contributed by atoms with van der Waals surface area (Å²) in [6.07, 6.45) is 4.89. The number of pyridine rings is 1. The zero-order chi connectivity index (χ0) is 21.1. The van der Waals surface area contributed by atoms with Crippen molar-refractivity contribution >= 4 is 0 Å². The molecule has 158 valence electrons. The van der Waals surface area contributed by atoms with Gasteiger partial charge in [-0.3, -0.25) is 9.88 Å². The fourth-order valence-corrected chi connectivity index (χ4v) is 4.41. The van der Waals surface area contributed by atoms with Crippen molar-refractivity contribution in [2.24, 2.45) is 0 Å². The molecule has 1 aliphatic rings. The summed E-state index contributed by atoms with van der Waals surface area (Å²) < 4.78 is 13.5. The first-order valence-electron chi connectivity index (χ1n) is 10.5. The molecule has 1 aliphatic heterocycles. The van der Waals surface area contributed by atoms with E-state index in [0.29, 0.717) is 5.92 Å². The van der Waals surface area contributed by atoms with Gasteiger partial charge in [-0.25, -0.2) is 4.39 Å². The topological polar surface area (TPSA) is 72.4 Å². The maximum atomic E-state index is 13.5. The number of hydrogen-bond acceptors (Lipinski definition) is 4. The molecule has 2 atom stereocenters. The number of piperidine rings is 1. The molecule has 3 aromatic rings. The Bertz CT molecular complexity index is 948. The van der Waals surface area contributed by atoms with Gasteiger partial charge < -0.3 is 15.2 Å². The normalized spacial score (nSPS) is 17.7. The summed E-state index contributed by atoms with van der Waals surface area (Å²) in [5.74, 6) is 0.115. The van der Waals surface area contributed by atoms with Gasteiger partial charge in [-0.1, -0.05) is 0 Å². The Morgan fingerprint density at radius 1 is 1.10 bits per heavy atom. The van der Waals surface area contributed by atoms with E-state index in [1.807, 2.05) is 12.1 Å². The molecule has 0 radical (unpaired) electrons. The van der Waals surface area contributed by atoms with Crippen LogP contribution in [0, 0.1) is 5.82 Å². The van der Waals surface area contributed by atoms with E-state index in [-0.39, 0.29) is 18.5 Å². The summed E-state index contributed by atoms with van der Waals surface area (Å²) in [4.78, 5) is 9.90. The second-order valence-corrected chi connectivity index (χ2v) is 8.06. The van der Waals surface area contributed by atoms with Crippen LogP contribution >= 0.6 is 0 Å². The molecule has 1 unspecified atom stereocenters. The number of aliphatic hydroxyl groups excluding tert-OH is 2. The van der Waals surface area contributed by atoms with Crippen LogP contribution in [0.2, 0.25) is 0 Å². The lowest BCUT2D eigenvalue weighted by atomic mass is 9.91. The fraction of sp³-hybridized carbons (Fsp3) is 0.375. The molecule has 2 aromatic heterocycles. The molecule has 0 bridgehead atoms. The Labute approximate surface area is 176 Å². The SMILES string of the molecule is CC(O)[C@@H](CO)N1CCC(c2cc(-c3ccncc3)c(-c3ccc(F)cc3)[nH]2)CC1. The zero-order valence-electron chi connectivity index (χ0n) is 17.1. The summed E-state index contributed by atoms with van der Waals surface area (Å²) in [6.45, 7) is 3.35. The Kier molecular flexibility index (Phi) is 6.27. The maximum absolute atomic E-state index is 13.5. The van der Waals surface area contributed by atoms with Crippen LogP contribution in [0.4, 0.5) is 4.39 Å². The highest BCUT2D eigenvalue weighted by atomic mass is 19.1. The highest BCUT2D eigenvalue weighted by Crippen LogP contribution is 2.37. The predicted octanol–water partition coefficient (Wildman–Crippen LogP) is 3.80. The smallest absolute Gasteiger partial charge is 0.123 e. The third-order valence-corrected chi connectivity index (χ3v) is 6.15. The Balaban J connectivity index is 1.61. The molecule has 5 nitrogen and oxygen atoms in total. The summed E-state index contributed by atoms with van der Waals surface area (Å²) in [5.41, 5.74) is 5.24. The van der Waals surface area contributed by atoms with Crippen molar-refractivity contribution in [1.82, 2.24) is 14.9 Å². The van der Waals surface area contributed by atoms with Crippen LogP contribution in [-0.4, -0.2) is 56.9 Å². The number of H-pyrrole nitrogens is 1. The highest BCUT2D eigenvalue weighted by Gasteiger charge is 2.29. The van der Waals surface area contributed by atoms with Gasteiger partial charge in [0.2, 0.25) is 0 Å². The number of rotatable bonds is 6. The van der Waals surface area contributed by atoms with E-state index in [1.54, 1.807) is 31.5 Å². The molecule has 0 aliphatic carbocycles. The van der Waals surface area contributed by atoms with E-state index in [4.69, 9.17) is 0 Å². The van der Waals surface area contributed by atoms with Gasteiger partial charge in [0.1, 0.15) is 5.82 Å². The number of likely N-dealkylation sites (tertiary alicyclic amines) is 1. The summed E-state index contributed by atoms with van der Waals surface area (Å²) in [5, 5.41) is 19.5. The summed E-state index contributed by atoms with van der Waals surface area (Å²) in [6, 6.07) is 12.5. The van der Waals surface area contributed by atoms with Crippen molar-refractivity contribution in [2.45, 2.75) is 37.8 Å². The van der Waals surface area contributed by atoms with Gasteiger partial charge in [0.15, 0.2) is 0 Å². The second-order valence-electron chi connectivity index (χ2n) is 8.06. The predicted molar refractivity (Wildman–Crippen MR) is 116 cm³/mol. The second kappa shape index (κ2) is 9.08. The molecular weight excluding hydrogens is 381 g/mol. The van der Waals surface area contributed by atoms with E-state index in [9.17, 15) is 14.6 Å². The van der Waals surface area contributed by atoms with E-state index in [0.717, 1.165) is 48.3 Å². The number of aliphatic hydroxyl groups is 2. The highest BCUT2D eigenvalue weighted by molar-refractivity contribution is 5.82. The molecule has 3 N–H and O–H groups in total. The summed E-state index contributed by atoms with van der Waals surface area (Å²) in [7, 11) is 0. The van der Waals surface area contributed by atoms with Crippen molar-refractivity contribution < 1.29 is 14.6 Å². The Morgan fingerprint density at radius 2 is 1.77 bits per heavy atom. The molecule has 30 heavy (non-hydrogen) atoms. The molecule has 1 fully saturated rings. The van der Waals surface area contributed by atoms with Crippen LogP contribution < -0.4 is 0 Å². The zero-order valence-corrected chi connectivity index (χ0v) is 17.1. The number of benzene rings is 1. The van der Waals surface area contributed by atoms with Gasteiger partial charge in [0.05, 0.1) is 24.4 Å². The number of aromatic nitrogens is 2. The van der Waals surface area contributed by atoms with Crippen molar-refractivity contribution in [2.75, 3.05) is 19.7 Å². The molecular formula is C24H28FN3O2. The molecule has 0 saturated carbocycles. The molecule has 0 spiro atoms. The lowest BCUT2D eigenvalue weighted by Gasteiger charge is -2.37. The third-order valence-electron chi connectivity index (χ3n) is 6.15. The van der Waals surface area contributed by atoms with Gasteiger partial charge in [0.25, 0.3) is 0 Å². The first-order chi connectivity index (χ1) is 14.6. The van der Waals surface area contributed by atoms with Crippen LogP contribution in [0.25, 0.3) is 22.4 Å². The Morgan fingerprint density at radius 3 is 2.37 bits per heavy atom. The molecule has 4 rings (SSSR count). The number of hydrogen-bond donors (Lipinski definition) is 3. The standard InChI is InChI=1S/C24H28FN3O2/c1-16(30)23(15-29)28-12-8-18(9-13-28)22-14-21(17-6-10-26-11-7-17)24(27-22)19-2-4-20(25)5-3-19/h2-7,10-11,14,16,18,23,27,29-30H,8-9,12-13,15H2,1H3/t16?,23-/m1/s1. The van der Waals surface area contributed by atoms with E-state index in [2.05, 4.69) is 20.9 Å². The number of halogens is 1. The van der Waals surface area contributed by atoms with E-state index >= 15 is 0 Å². The number of aromatic amines is 1. The lowest BCUT2D eigenvalue weighted by molar-refractivity contribution is 0.0132. The van der Waals surface area contributed by atoms with Crippen LogP contribution in [0.15, 0.2) is 54.9 Å². The number of nitrogens with one attached hydrogen (secondary N) is 1. The third kappa shape index (κ3) is 4.31. The van der Waals surface area contributed by atoms with Crippen molar-refractivity contribution in [3.63, 3.8) is 0 Å². The average Bonchev–Trinajstić information content (AvgIpc) is 3.21. The van der Waals surface area contributed by atoms with Gasteiger partial charge in [-0.2, -0.15) is 0 Å². The van der Waals surface area contributed by atoms with E-state index in [1.165, 1.54) is 17.8 Å². The minimum atomic E-state index is -0.555. The van der Waals surface area contributed by atoms with Crippen molar-refractivity contribution in [1.29, 1.82) is 0 Å². The molecule has 1 saturated heterocycles. The lowest BCUT2D eigenvalue weighted by Crippen LogP contribution is -2.48. The van der Waals surface area contributed by atoms with Crippen LogP contribution in [-0.2, 0) is 0 Å². The van der Waals surface area contributed by atoms with Crippen LogP contribution in [0.1, 0.15) is 31.4 Å². The van der Waals surface area contributed by atoms with Crippen molar-refractivity contribution in [3.05, 3.63) is 66.4 Å². The quantitative estimate of drug-likeness (QED) is 0.579. The van der Waals surface area contributed by atoms with Crippen LogP contribution in [0.5, 0.6) is 0 Å². The first-order valence-corrected chi connectivity index (χ1v) is 10.5. The molecule has 0 amide bonds. The molecule has 3 heterocycles. The monoisotopic (exact) mass is 409 g/mol. The minimum Gasteiger partial charge on any atom is -0.395 e. The van der Waals surface area contributed by atoms with Gasteiger partial charge >= 0.3 is 0 Å². The molecule has 1 aromatic carbocycles. The van der Waals surface area contributed by atoms with Gasteiger partial charge in [0, 0.05) is 29.6 Å². The fourth-order valence-electron chi connectivity index (χ4n) is 4.41. The van der Waals surface area contributed by atoms with E-state index < -0.39 is 6.10 Å². The average molecular weight is 410 g/mol. The van der Waals surface area contributed by atoms with Crippen molar-refractivity contribution in [3.8, 4) is 22.4 Å². The number of nitrogens with zero attached hydrogens (tertiary/aromatic N) is 2. The summed E-state index contributed by atoms with van der Waals surface area (Å²) >= 11 is 0. The van der Waals surface area contributed by atoms with Gasteiger partial charge in [-0.15, -0.1) is 0 Å². The minimum absolute atomic E-state index is 0.0360. The first kappa shape index (κ1) is 20.7. The van der Waals surface area contributed by atoms with Crippen LogP contribution in [0.3, 0.4) is 0 Å². The maximum Gasteiger partial charge on any atom is 0.123 e. The largest absolute Gasteiger partial charge is 0.395 e. The molecule has 6 heteroatoms.